The number of anilines is 1. The molecule has 1 aromatic heterocycles. The monoisotopic (exact) mass is 312 g/mol. The Balaban J connectivity index is 1.80. The largest absolute Gasteiger partial charge is 0.322 e. The topological polar surface area (TPSA) is 58.1 Å². The quantitative estimate of drug-likeness (QED) is 0.910. The van der Waals surface area contributed by atoms with Gasteiger partial charge in [0.25, 0.3) is 0 Å². The lowest BCUT2D eigenvalue weighted by atomic mass is 10.0. The molecule has 1 fully saturated rings. The van der Waals surface area contributed by atoms with Crippen molar-refractivity contribution in [1.82, 2.24) is 14.9 Å². The third kappa shape index (κ3) is 3.28. The molecule has 1 saturated heterocycles. The number of aryl methyl sites for hydroxylation is 2. The lowest BCUT2D eigenvalue weighted by molar-refractivity contribution is 0.160. The van der Waals surface area contributed by atoms with E-state index in [1.54, 1.807) is 0 Å². The summed E-state index contributed by atoms with van der Waals surface area (Å²) in [5, 5.41) is 3.02. The van der Waals surface area contributed by atoms with Crippen LogP contribution in [0.15, 0.2) is 18.2 Å². The number of carbonyl (C=O) groups is 1. The van der Waals surface area contributed by atoms with Crippen molar-refractivity contribution in [3.05, 3.63) is 29.6 Å². The fourth-order valence-electron chi connectivity index (χ4n) is 3.20. The number of carbonyl (C=O) groups excluding carboxylic acids is 1. The summed E-state index contributed by atoms with van der Waals surface area (Å²) in [6.45, 7) is 6.90. The molecule has 23 heavy (non-hydrogen) atoms. The Morgan fingerprint density at radius 1 is 1.22 bits per heavy atom. The van der Waals surface area contributed by atoms with E-state index in [9.17, 15) is 4.79 Å². The molecule has 5 heteroatoms. The molecule has 2 aromatic rings. The van der Waals surface area contributed by atoms with Crippen LogP contribution in [0.1, 0.15) is 44.0 Å². The van der Waals surface area contributed by atoms with Crippen LogP contribution in [0.3, 0.4) is 0 Å². The Kier molecular flexibility index (Phi) is 4.46. The third-order valence-electron chi connectivity index (χ3n) is 4.69. The maximum absolute atomic E-state index is 12.6. The summed E-state index contributed by atoms with van der Waals surface area (Å²) in [4.78, 5) is 23.6. The van der Waals surface area contributed by atoms with Crippen LogP contribution in [0.4, 0.5) is 10.5 Å². The molecule has 1 aromatic carbocycles. The van der Waals surface area contributed by atoms with Crippen LogP contribution in [0.25, 0.3) is 11.0 Å². The summed E-state index contributed by atoms with van der Waals surface area (Å²) in [5.74, 6) is 0. The van der Waals surface area contributed by atoms with Crippen LogP contribution in [-0.2, 0) is 0 Å². The van der Waals surface area contributed by atoms with E-state index in [0.29, 0.717) is 6.04 Å². The number of aromatic nitrogens is 2. The molecular weight excluding hydrogens is 288 g/mol. The Morgan fingerprint density at radius 3 is 2.70 bits per heavy atom. The summed E-state index contributed by atoms with van der Waals surface area (Å²) in [6, 6.07) is 6.06. The first-order valence-electron chi connectivity index (χ1n) is 8.41. The number of piperidine rings is 1. The zero-order valence-corrected chi connectivity index (χ0v) is 14.1. The standard InChI is InChI=1S/C18H24N4O/c1-4-15-7-5-6-10-22(15)18(23)21-14-8-9-16-17(11-14)20-13(3)12(2)19-16/h8-9,11,15H,4-7,10H2,1-3H3,(H,21,23). The van der Waals surface area contributed by atoms with Crippen molar-refractivity contribution in [1.29, 1.82) is 0 Å². The molecule has 1 unspecified atom stereocenters. The van der Waals surface area contributed by atoms with E-state index in [-0.39, 0.29) is 6.03 Å². The Morgan fingerprint density at radius 2 is 1.96 bits per heavy atom. The zero-order valence-electron chi connectivity index (χ0n) is 14.1. The first kappa shape index (κ1) is 15.7. The Labute approximate surface area is 137 Å². The molecule has 2 heterocycles. The van der Waals surface area contributed by atoms with E-state index in [1.807, 2.05) is 36.9 Å². The number of likely N-dealkylation sites (tertiary alicyclic amines) is 1. The second kappa shape index (κ2) is 6.52. The maximum Gasteiger partial charge on any atom is 0.322 e. The van der Waals surface area contributed by atoms with Gasteiger partial charge in [-0.25, -0.2) is 14.8 Å². The normalized spacial score (nSPS) is 18.2. The molecule has 0 radical (unpaired) electrons. The van der Waals surface area contributed by atoms with E-state index >= 15 is 0 Å². The zero-order chi connectivity index (χ0) is 16.4. The van der Waals surface area contributed by atoms with Crippen molar-refractivity contribution < 1.29 is 4.79 Å². The number of fused-ring (bicyclic) bond motifs is 1. The third-order valence-corrected chi connectivity index (χ3v) is 4.69. The Hall–Kier alpha value is -2.17. The number of benzene rings is 1. The second-order valence-electron chi connectivity index (χ2n) is 6.28. The molecule has 1 aliphatic rings. The molecule has 1 aliphatic heterocycles. The predicted molar refractivity (Wildman–Crippen MR) is 92.7 cm³/mol. The predicted octanol–water partition coefficient (Wildman–Crippen LogP) is 4.04. The van der Waals surface area contributed by atoms with Crippen molar-refractivity contribution >= 4 is 22.8 Å². The molecule has 0 saturated carbocycles. The highest BCUT2D eigenvalue weighted by Crippen LogP contribution is 2.22. The van der Waals surface area contributed by atoms with E-state index in [1.165, 1.54) is 6.42 Å². The highest BCUT2D eigenvalue weighted by atomic mass is 16.2. The molecule has 0 bridgehead atoms. The molecule has 0 aliphatic carbocycles. The number of amides is 2. The minimum atomic E-state index is -0.00677. The van der Waals surface area contributed by atoms with Gasteiger partial charge in [-0.1, -0.05) is 6.92 Å². The number of hydrogen-bond donors (Lipinski definition) is 1. The van der Waals surface area contributed by atoms with Gasteiger partial charge in [-0.3, -0.25) is 0 Å². The van der Waals surface area contributed by atoms with Gasteiger partial charge in [-0.2, -0.15) is 0 Å². The van der Waals surface area contributed by atoms with Gasteiger partial charge in [0.1, 0.15) is 0 Å². The van der Waals surface area contributed by atoms with Gasteiger partial charge in [-0.05, 0) is 57.7 Å². The highest BCUT2D eigenvalue weighted by molar-refractivity contribution is 5.92. The molecule has 0 spiro atoms. The minimum absolute atomic E-state index is 0.00677. The molecule has 122 valence electrons. The Bertz CT molecular complexity index is 728. The smallest absolute Gasteiger partial charge is 0.322 e. The van der Waals surface area contributed by atoms with Crippen LogP contribution >= 0.6 is 0 Å². The van der Waals surface area contributed by atoms with Crippen molar-refractivity contribution in [3.63, 3.8) is 0 Å². The number of nitrogens with zero attached hydrogens (tertiary/aromatic N) is 3. The summed E-state index contributed by atoms with van der Waals surface area (Å²) >= 11 is 0. The van der Waals surface area contributed by atoms with Crippen LogP contribution < -0.4 is 5.32 Å². The van der Waals surface area contributed by atoms with Gasteiger partial charge in [0.05, 0.1) is 22.4 Å². The lowest BCUT2D eigenvalue weighted by Crippen LogP contribution is -2.45. The van der Waals surface area contributed by atoms with Gasteiger partial charge >= 0.3 is 6.03 Å². The van der Waals surface area contributed by atoms with Crippen LogP contribution in [-0.4, -0.2) is 33.5 Å². The van der Waals surface area contributed by atoms with Gasteiger partial charge in [-0.15, -0.1) is 0 Å². The summed E-state index contributed by atoms with van der Waals surface area (Å²) in [6.07, 6.45) is 4.42. The summed E-state index contributed by atoms with van der Waals surface area (Å²) < 4.78 is 0. The van der Waals surface area contributed by atoms with Crippen molar-refractivity contribution in [2.45, 2.75) is 52.5 Å². The van der Waals surface area contributed by atoms with E-state index in [0.717, 1.165) is 53.9 Å². The summed E-state index contributed by atoms with van der Waals surface area (Å²) in [7, 11) is 0. The van der Waals surface area contributed by atoms with Gasteiger partial charge in [0.15, 0.2) is 0 Å². The molecule has 1 N–H and O–H groups in total. The molecule has 1 atom stereocenters. The maximum atomic E-state index is 12.6. The van der Waals surface area contributed by atoms with Gasteiger partial charge < -0.3 is 10.2 Å². The fraction of sp³-hybridized carbons (Fsp3) is 0.500. The fourth-order valence-corrected chi connectivity index (χ4v) is 3.20. The SMILES string of the molecule is CCC1CCCCN1C(=O)Nc1ccc2nc(C)c(C)nc2c1. The van der Waals surface area contributed by atoms with E-state index in [4.69, 9.17) is 0 Å². The van der Waals surface area contributed by atoms with Gasteiger partial charge in [0, 0.05) is 18.3 Å². The number of rotatable bonds is 2. The lowest BCUT2D eigenvalue weighted by Gasteiger charge is -2.35. The van der Waals surface area contributed by atoms with Gasteiger partial charge in [0.2, 0.25) is 0 Å². The van der Waals surface area contributed by atoms with E-state index in [2.05, 4.69) is 22.2 Å². The number of hydrogen-bond acceptors (Lipinski definition) is 3. The molecule has 2 amide bonds. The van der Waals surface area contributed by atoms with Crippen molar-refractivity contribution in [2.24, 2.45) is 0 Å². The van der Waals surface area contributed by atoms with Crippen LogP contribution in [0, 0.1) is 13.8 Å². The molecule has 5 nitrogen and oxygen atoms in total. The van der Waals surface area contributed by atoms with E-state index < -0.39 is 0 Å². The summed E-state index contributed by atoms with van der Waals surface area (Å²) in [5.41, 5.74) is 4.31. The molecular formula is C18H24N4O. The first-order valence-corrected chi connectivity index (χ1v) is 8.41. The first-order chi connectivity index (χ1) is 11.1. The van der Waals surface area contributed by atoms with Crippen molar-refractivity contribution in [2.75, 3.05) is 11.9 Å². The molecule has 3 rings (SSSR count). The number of nitrogens with one attached hydrogen (secondary N) is 1. The average Bonchev–Trinajstić information content (AvgIpc) is 2.56. The minimum Gasteiger partial charge on any atom is -0.322 e. The highest BCUT2D eigenvalue weighted by Gasteiger charge is 2.25. The van der Waals surface area contributed by atoms with Crippen LogP contribution in [0.2, 0.25) is 0 Å². The average molecular weight is 312 g/mol. The second-order valence-corrected chi connectivity index (χ2v) is 6.28. The number of urea groups is 1. The van der Waals surface area contributed by atoms with Crippen molar-refractivity contribution in [3.8, 4) is 0 Å². The van der Waals surface area contributed by atoms with Crippen LogP contribution in [0.5, 0.6) is 0 Å².